The Labute approximate surface area is 185 Å². The summed E-state index contributed by atoms with van der Waals surface area (Å²) in [5.41, 5.74) is -0.208. The lowest BCUT2D eigenvalue weighted by Gasteiger charge is -2.49. The molecular weight excluding hydrogens is 416 g/mol. The van der Waals surface area contributed by atoms with Crippen molar-refractivity contribution in [1.82, 2.24) is 15.2 Å². The van der Waals surface area contributed by atoms with E-state index < -0.39 is 22.2 Å². The molecular formula is C22H26N4O4S. The van der Waals surface area contributed by atoms with Crippen LogP contribution in [0, 0.1) is 4.91 Å². The van der Waals surface area contributed by atoms with Gasteiger partial charge in [-0.3, -0.25) is 14.7 Å². The highest BCUT2D eigenvalue weighted by Crippen LogP contribution is 2.47. The number of benzene rings is 1. The maximum absolute atomic E-state index is 12.9. The molecule has 1 unspecified atom stereocenters. The summed E-state index contributed by atoms with van der Waals surface area (Å²) in [7, 11) is 0. The minimum Gasteiger partial charge on any atom is -0.479 e. The van der Waals surface area contributed by atoms with Crippen LogP contribution in [0.4, 0.5) is 0 Å². The molecule has 0 saturated carbocycles. The number of piperidine rings is 1. The van der Waals surface area contributed by atoms with Gasteiger partial charge in [0.05, 0.1) is 10.3 Å². The van der Waals surface area contributed by atoms with E-state index in [1.807, 2.05) is 30.3 Å². The molecule has 8 nitrogen and oxygen atoms in total. The smallest absolute Gasteiger partial charge is 0.330 e. The summed E-state index contributed by atoms with van der Waals surface area (Å²) in [4.78, 5) is 43.0. The van der Waals surface area contributed by atoms with Gasteiger partial charge in [0.15, 0.2) is 5.54 Å². The normalized spacial score (nSPS) is 18.0. The van der Waals surface area contributed by atoms with Gasteiger partial charge in [0.1, 0.15) is 0 Å². The lowest BCUT2D eigenvalue weighted by molar-refractivity contribution is -0.147. The second-order valence-electron chi connectivity index (χ2n) is 7.68. The number of carboxylic acid groups (broad SMARTS) is 1. The van der Waals surface area contributed by atoms with Gasteiger partial charge in [-0.25, -0.2) is 4.79 Å². The predicted molar refractivity (Wildman–Crippen MR) is 119 cm³/mol. The van der Waals surface area contributed by atoms with Crippen LogP contribution in [0.2, 0.25) is 0 Å². The van der Waals surface area contributed by atoms with Crippen LogP contribution in [0.3, 0.4) is 0 Å². The van der Waals surface area contributed by atoms with Gasteiger partial charge in [0.2, 0.25) is 0 Å². The number of nitrogens with zero attached hydrogens (tertiary/aromatic N) is 3. The third kappa shape index (κ3) is 4.77. The van der Waals surface area contributed by atoms with Crippen LogP contribution >= 0.6 is 11.9 Å². The summed E-state index contributed by atoms with van der Waals surface area (Å²) in [5, 5.41) is 13.0. The van der Waals surface area contributed by atoms with Crippen molar-refractivity contribution < 1.29 is 14.7 Å². The Balaban J connectivity index is 1.85. The van der Waals surface area contributed by atoms with Crippen LogP contribution in [0.25, 0.3) is 0 Å². The van der Waals surface area contributed by atoms with Gasteiger partial charge in [0.25, 0.3) is 5.91 Å². The Kier molecular flexibility index (Phi) is 7.40. The zero-order valence-electron chi connectivity index (χ0n) is 17.4. The number of carbonyl (C=O) groups excluding carboxylic acids is 1. The van der Waals surface area contributed by atoms with Gasteiger partial charge in [-0.05, 0) is 50.0 Å². The van der Waals surface area contributed by atoms with Crippen LogP contribution in [-0.4, -0.2) is 50.2 Å². The number of aliphatic carboxylic acids is 1. The number of rotatable bonds is 9. The van der Waals surface area contributed by atoms with E-state index in [1.165, 1.54) is 18.0 Å². The SMILES string of the molecule is CCC(NC(=O)c1cccnc1)(C(=O)O)C1(SN=O)CCN(Cc2ccccc2)CC1. The molecule has 0 radical (unpaired) electrons. The molecule has 1 aromatic heterocycles. The number of aromatic nitrogens is 1. The number of hydrogen-bond donors (Lipinski definition) is 2. The van der Waals surface area contributed by atoms with E-state index in [1.54, 1.807) is 19.1 Å². The van der Waals surface area contributed by atoms with Crippen LogP contribution in [0.5, 0.6) is 0 Å². The van der Waals surface area contributed by atoms with Crippen LogP contribution in [-0.2, 0) is 11.3 Å². The molecule has 1 atom stereocenters. The fourth-order valence-corrected chi connectivity index (χ4v) is 5.21. The predicted octanol–water partition coefficient (Wildman–Crippen LogP) is 3.49. The fourth-order valence-electron chi connectivity index (χ4n) is 4.27. The summed E-state index contributed by atoms with van der Waals surface area (Å²) in [5.74, 6) is -1.70. The van der Waals surface area contributed by atoms with Gasteiger partial charge < -0.3 is 10.4 Å². The molecule has 31 heavy (non-hydrogen) atoms. The van der Waals surface area contributed by atoms with E-state index in [-0.39, 0.29) is 12.0 Å². The summed E-state index contributed by atoms with van der Waals surface area (Å²) in [6, 6.07) is 13.2. The number of nitrogens with one attached hydrogen (secondary N) is 1. The minimum absolute atomic E-state index is 0.121. The minimum atomic E-state index is -1.64. The molecule has 2 aromatic rings. The molecule has 1 aromatic carbocycles. The first kappa shape index (κ1) is 22.9. The molecule has 1 amide bonds. The Morgan fingerprint density at radius 2 is 1.94 bits per heavy atom. The van der Waals surface area contributed by atoms with E-state index in [9.17, 15) is 19.6 Å². The first-order valence-electron chi connectivity index (χ1n) is 10.2. The average Bonchev–Trinajstić information content (AvgIpc) is 2.80. The van der Waals surface area contributed by atoms with Crippen molar-refractivity contribution in [2.24, 2.45) is 4.58 Å². The van der Waals surface area contributed by atoms with Gasteiger partial charge >= 0.3 is 5.97 Å². The third-order valence-electron chi connectivity index (χ3n) is 6.05. The number of amides is 1. The Morgan fingerprint density at radius 1 is 1.23 bits per heavy atom. The maximum Gasteiger partial charge on any atom is 0.330 e. The average molecular weight is 443 g/mol. The van der Waals surface area contributed by atoms with Gasteiger partial charge in [0, 0.05) is 35.5 Å². The zero-order chi connectivity index (χ0) is 22.3. The van der Waals surface area contributed by atoms with Crippen molar-refractivity contribution in [3.8, 4) is 0 Å². The van der Waals surface area contributed by atoms with E-state index in [0.29, 0.717) is 25.9 Å². The van der Waals surface area contributed by atoms with Crippen molar-refractivity contribution >= 4 is 23.8 Å². The molecule has 9 heteroatoms. The Morgan fingerprint density at radius 3 is 2.48 bits per heavy atom. The first-order chi connectivity index (χ1) is 15.0. The van der Waals surface area contributed by atoms with Crippen molar-refractivity contribution in [3.63, 3.8) is 0 Å². The first-order valence-corrected chi connectivity index (χ1v) is 11.0. The zero-order valence-corrected chi connectivity index (χ0v) is 18.2. The molecule has 1 saturated heterocycles. The number of carbonyl (C=O) groups is 2. The van der Waals surface area contributed by atoms with Gasteiger partial charge in [-0.2, -0.15) is 0 Å². The second kappa shape index (κ2) is 10.0. The summed E-state index contributed by atoms with van der Waals surface area (Å²) < 4.78 is 1.98. The molecule has 2 N–H and O–H groups in total. The molecule has 2 heterocycles. The lowest BCUT2D eigenvalue weighted by atomic mass is 9.74. The summed E-state index contributed by atoms with van der Waals surface area (Å²) in [6.45, 7) is 3.63. The van der Waals surface area contributed by atoms with Crippen molar-refractivity contribution in [3.05, 3.63) is 70.9 Å². The molecule has 1 fully saturated rings. The summed E-state index contributed by atoms with van der Waals surface area (Å²) in [6.07, 6.45) is 3.86. The second-order valence-corrected chi connectivity index (χ2v) is 8.79. The molecule has 0 bridgehead atoms. The van der Waals surface area contributed by atoms with E-state index in [2.05, 4.69) is 19.8 Å². The van der Waals surface area contributed by atoms with Gasteiger partial charge in [-0.15, -0.1) is 4.91 Å². The quantitative estimate of drug-likeness (QED) is 0.451. The summed E-state index contributed by atoms with van der Waals surface area (Å²) >= 11 is 0.737. The Hall–Kier alpha value is -2.78. The highest BCUT2D eigenvalue weighted by molar-refractivity contribution is 7.99. The maximum atomic E-state index is 12.9. The van der Waals surface area contributed by atoms with E-state index in [0.717, 1.165) is 18.5 Å². The molecule has 1 aliphatic heterocycles. The monoisotopic (exact) mass is 442 g/mol. The van der Waals surface area contributed by atoms with Crippen molar-refractivity contribution in [2.45, 2.75) is 43.0 Å². The Bertz CT molecular complexity index is 904. The highest BCUT2D eigenvalue weighted by Gasteiger charge is 2.59. The third-order valence-corrected chi connectivity index (χ3v) is 7.23. The van der Waals surface area contributed by atoms with E-state index in [4.69, 9.17) is 0 Å². The van der Waals surface area contributed by atoms with Crippen molar-refractivity contribution in [2.75, 3.05) is 13.1 Å². The molecule has 0 aliphatic carbocycles. The van der Waals surface area contributed by atoms with E-state index >= 15 is 0 Å². The van der Waals surface area contributed by atoms with Crippen LogP contribution in [0.1, 0.15) is 42.1 Å². The van der Waals surface area contributed by atoms with Crippen LogP contribution < -0.4 is 5.32 Å². The molecule has 164 valence electrons. The van der Waals surface area contributed by atoms with Gasteiger partial charge in [-0.1, -0.05) is 37.3 Å². The lowest BCUT2D eigenvalue weighted by Crippen LogP contribution is -2.69. The number of nitroso groups, excluding NO2 is 1. The number of pyridine rings is 1. The molecule has 0 spiro atoms. The standard InChI is InChI=1S/C22H26N4O4S/c1-2-22(20(28)29,24-19(27)18-9-6-12-23-15-18)21(31-25-30)10-13-26(14-11-21)16-17-7-4-3-5-8-17/h3-9,12,15H,2,10-11,13-14,16H2,1H3,(H,24,27)(H,28,29). The topological polar surface area (TPSA) is 112 Å². The number of hydrogen-bond acceptors (Lipinski definition) is 7. The van der Waals surface area contributed by atoms with Crippen molar-refractivity contribution in [1.29, 1.82) is 0 Å². The van der Waals surface area contributed by atoms with Crippen LogP contribution in [0.15, 0.2) is 59.4 Å². The number of likely N-dealkylation sites (tertiary alicyclic amines) is 1. The fraction of sp³-hybridized carbons (Fsp3) is 0.409. The molecule has 1 aliphatic rings. The highest BCUT2D eigenvalue weighted by atomic mass is 32.2. The largest absolute Gasteiger partial charge is 0.479 e. The molecule has 3 rings (SSSR count). The number of carboxylic acids is 1.